The highest BCUT2D eigenvalue weighted by atomic mass is 35.5. The Morgan fingerprint density at radius 3 is 2.80 bits per heavy atom. The van der Waals surface area contributed by atoms with Gasteiger partial charge in [-0.1, -0.05) is 0 Å². The van der Waals surface area contributed by atoms with Crippen LogP contribution in [0.5, 0.6) is 6.08 Å². The van der Waals surface area contributed by atoms with Crippen LogP contribution in [-0.4, -0.2) is 24.3 Å². The maximum atomic E-state index is 5.57. The van der Waals surface area contributed by atoms with Crippen molar-refractivity contribution in [2.45, 2.75) is 31.7 Å². The number of hydrogen-bond acceptors (Lipinski definition) is 4. The fourth-order valence-corrected chi connectivity index (χ4v) is 1.03. The van der Waals surface area contributed by atoms with Gasteiger partial charge < -0.3 is 13.9 Å². The van der Waals surface area contributed by atoms with Crippen LogP contribution in [0.1, 0.15) is 26.0 Å². The Hall–Kier alpha value is -0.740. The standard InChI is InChI=1S/C10H16ClNO3/c1-10(2,13-3)4-5-14-9-12-8(6-11)7-15-9/h7H,4-6H2,1-3H3. The van der Waals surface area contributed by atoms with Gasteiger partial charge in [-0.2, -0.15) is 4.98 Å². The smallest absolute Gasteiger partial charge is 0.393 e. The lowest BCUT2D eigenvalue weighted by Gasteiger charge is -2.21. The van der Waals surface area contributed by atoms with E-state index < -0.39 is 0 Å². The maximum Gasteiger partial charge on any atom is 0.393 e. The van der Waals surface area contributed by atoms with E-state index in [0.29, 0.717) is 18.2 Å². The highest BCUT2D eigenvalue weighted by Crippen LogP contribution is 2.15. The fraction of sp³-hybridized carbons (Fsp3) is 0.700. The molecule has 0 aromatic carbocycles. The Morgan fingerprint density at radius 2 is 2.27 bits per heavy atom. The van der Waals surface area contributed by atoms with Gasteiger partial charge in [0.2, 0.25) is 0 Å². The van der Waals surface area contributed by atoms with Gasteiger partial charge in [0.1, 0.15) is 6.26 Å². The number of nitrogens with zero attached hydrogens (tertiary/aromatic N) is 1. The SMILES string of the molecule is COC(C)(C)CCOc1nc(CCl)co1. The number of hydrogen-bond donors (Lipinski definition) is 0. The Bertz CT molecular complexity index is 299. The summed E-state index contributed by atoms with van der Waals surface area (Å²) >= 11 is 5.57. The molecule has 4 nitrogen and oxygen atoms in total. The first kappa shape index (κ1) is 12.3. The molecule has 0 atom stereocenters. The summed E-state index contributed by atoms with van der Waals surface area (Å²) < 4.78 is 15.6. The lowest BCUT2D eigenvalue weighted by molar-refractivity contribution is 0.00291. The van der Waals surface area contributed by atoms with Crippen LogP contribution >= 0.6 is 11.6 Å². The molecular weight excluding hydrogens is 218 g/mol. The van der Waals surface area contributed by atoms with Crippen LogP contribution in [0.25, 0.3) is 0 Å². The molecule has 86 valence electrons. The molecule has 1 aromatic heterocycles. The highest BCUT2D eigenvalue weighted by Gasteiger charge is 2.16. The number of aromatic nitrogens is 1. The largest absolute Gasteiger partial charge is 0.450 e. The second-order valence-electron chi connectivity index (χ2n) is 3.80. The number of ether oxygens (including phenoxy) is 2. The van der Waals surface area contributed by atoms with Crippen molar-refractivity contribution < 1.29 is 13.9 Å². The molecule has 0 fully saturated rings. The molecule has 0 radical (unpaired) electrons. The summed E-state index contributed by atoms with van der Waals surface area (Å²) in [6.45, 7) is 4.50. The average molecular weight is 234 g/mol. The predicted molar refractivity (Wildman–Crippen MR) is 57.3 cm³/mol. The molecule has 0 saturated heterocycles. The van der Waals surface area contributed by atoms with E-state index in [9.17, 15) is 0 Å². The first-order valence-corrected chi connectivity index (χ1v) is 5.29. The number of alkyl halides is 1. The lowest BCUT2D eigenvalue weighted by atomic mass is 10.1. The van der Waals surface area contributed by atoms with E-state index in [2.05, 4.69) is 4.98 Å². The lowest BCUT2D eigenvalue weighted by Crippen LogP contribution is -2.25. The maximum absolute atomic E-state index is 5.57. The van der Waals surface area contributed by atoms with Crippen LogP contribution in [0.15, 0.2) is 10.7 Å². The summed E-state index contributed by atoms with van der Waals surface area (Å²) in [6, 6.07) is 0. The molecule has 1 rings (SSSR count). The van der Waals surface area contributed by atoms with E-state index >= 15 is 0 Å². The fourth-order valence-electron chi connectivity index (χ4n) is 0.902. The van der Waals surface area contributed by atoms with Gasteiger partial charge >= 0.3 is 6.08 Å². The van der Waals surface area contributed by atoms with Crippen LogP contribution < -0.4 is 4.74 Å². The van der Waals surface area contributed by atoms with Gasteiger partial charge in [-0.25, -0.2) is 0 Å². The van der Waals surface area contributed by atoms with E-state index in [0.717, 1.165) is 6.42 Å². The summed E-state index contributed by atoms with van der Waals surface area (Å²) in [6.07, 6.45) is 2.52. The molecule has 0 amide bonds. The van der Waals surface area contributed by atoms with E-state index in [1.807, 2.05) is 13.8 Å². The summed E-state index contributed by atoms with van der Waals surface area (Å²) in [5.41, 5.74) is 0.486. The van der Waals surface area contributed by atoms with Gasteiger partial charge in [0.15, 0.2) is 0 Å². The summed E-state index contributed by atoms with van der Waals surface area (Å²) in [5.74, 6) is 0.330. The van der Waals surface area contributed by atoms with Gasteiger partial charge in [-0.3, -0.25) is 0 Å². The molecule has 5 heteroatoms. The molecule has 0 aliphatic carbocycles. The van der Waals surface area contributed by atoms with Crippen molar-refractivity contribution >= 4 is 11.6 Å². The molecule has 1 aromatic rings. The summed E-state index contributed by atoms with van der Waals surface area (Å²) in [5, 5.41) is 0. The molecule has 1 heterocycles. The number of methoxy groups -OCH3 is 1. The quantitative estimate of drug-likeness (QED) is 0.709. The normalized spacial score (nSPS) is 11.7. The zero-order valence-electron chi connectivity index (χ0n) is 9.25. The van der Waals surface area contributed by atoms with Crippen LogP contribution in [0, 0.1) is 0 Å². The van der Waals surface area contributed by atoms with E-state index in [1.54, 1.807) is 7.11 Å². The molecule has 0 saturated carbocycles. The van der Waals surface area contributed by atoms with E-state index in [1.165, 1.54) is 6.26 Å². The average Bonchev–Trinajstić information content (AvgIpc) is 2.66. The van der Waals surface area contributed by atoms with Crippen molar-refractivity contribution in [3.05, 3.63) is 12.0 Å². The van der Waals surface area contributed by atoms with Crippen molar-refractivity contribution in [1.82, 2.24) is 4.98 Å². The molecule has 0 N–H and O–H groups in total. The Labute approximate surface area is 94.5 Å². The molecule has 15 heavy (non-hydrogen) atoms. The van der Waals surface area contributed by atoms with Crippen LogP contribution in [0.4, 0.5) is 0 Å². The third-order valence-electron chi connectivity index (χ3n) is 2.15. The second-order valence-corrected chi connectivity index (χ2v) is 4.07. The Kier molecular flexibility index (Phi) is 4.42. The third-order valence-corrected chi connectivity index (χ3v) is 2.42. The first-order chi connectivity index (χ1) is 7.07. The summed E-state index contributed by atoms with van der Waals surface area (Å²) in [7, 11) is 1.68. The molecule has 0 bridgehead atoms. The van der Waals surface area contributed by atoms with Crippen LogP contribution in [0.3, 0.4) is 0 Å². The van der Waals surface area contributed by atoms with Gasteiger partial charge in [-0.15, -0.1) is 11.6 Å². The molecular formula is C10H16ClNO3. The molecule has 0 aliphatic heterocycles. The monoisotopic (exact) mass is 233 g/mol. The van der Waals surface area contributed by atoms with Crippen molar-refractivity contribution in [2.24, 2.45) is 0 Å². The first-order valence-electron chi connectivity index (χ1n) is 4.76. The minimum atomic E-state index is -0.193. The van der Waals surface area contributed by atoms with Gasteiger partial charge in [0.25, 0.3) is 0 Å². The van der Waals surface area contributed by atoms with E-state index in [4.69, 9.17) is 25.5 Å². The Morgan fingerprint density at radius 1 is 1.53 bits per heavy atom. The number of rotatable bonds is 6. The van der Waals surface area contributed by atoms with Crippen molar-refractivity contribution in [3.63, 3.8) is 0 Å². The minimum absolute atomic E-state index is 0.193. The molecule has 0 aliphatic rings. The summed E-state index contributed by atoms with van der Waals surface area (Å²) in [4.78, 5) is 4.01. The Balaban J connectivity index is 2.31. The predicted octanol–water partition coefficient (Wildman–Crippen LogP) is 2.61. The zero-order chi connectivity index (χ0) is 11.3. The second kappa shape index (κ2) is 5.37. The van der Waals surface area contributed by atoms with Gasteiger partial charge in [-0.05, 0) is 13.8 Å². The van der Waals surface area contributed by atoms with Crippen molar-refractivity contribution in [3.8, 4) is 6.08 Å². The van der Waals surface area contributed by atoms with Crippen molar-refractivity contribution in [1.29, 1.82) is 0 Å². The molecule has 0 spiro atoms. The molecule has 0 unspecified atom stereocenters. The zero-order valence-corrected chi connectivity index (χ0v) is 10.0. The van der Waals surface area contributed by atoms with Gasteiger partial charge in [0, 0.05) is 13.5 Å². The number of halogens is 1. The van der Waals surface area contributed by atoms with Crippen LogP contribution in [0.2, 0.25) is 0 Å². The highest BCUT2D eigenvalue weighted by molar-refractivity contribution is 6.16. The van der Waals surface area contributed by atoms with Crippen LogP contribution in [-0.2, 0) is 10.6 Å². The topological polar surface area (TPSA) is 44.5 Å². The number of oxazole rings is 1. The minimum Gasteiger partial charge on any atom is -0.450 e. The third kappa shape index (κ3) is 4.10. The van der Waals surface area contributed by atoms with Crippen molar-refractivity contribution in [2.75, 3.05) is 13.7 Å². The van der Waals surface area contributed by atoms with E-state index in [-0.39, 0.29) is 11.7 Å². The van der Waals surface area contributed by atoms with Gasteiger partial charge in [0.05, 0.1) is 23.8 Å².